The molecule has 0 radical (unpaired) electrons. The van der Waals surface area contributed by atoms with Gasteiger partial charge in [-0.05, 0) is 24.0 Å². The number of carboxylic acids is 1. The standard InChI is InChI=1S/C11H14ClNO3S/c1-16-10-8(12)3-6(4-9(10)17-2)7(5-13)11(14)15/h3-4,7H,5,13H2,1-2H3,(H,14,15). The SMILES string of the molecule is COc1c(Cl)cc(C(CN)C(=O)O)cc1SC. The molecule has 1 rings (SSSR count). The van der Waals surface area contributed by atoms with Crippen LogP contribution in [0.2, 0.25) is 5.02 Å². The molecule has 0 aliphatic rings. The van der Waals surface area contributed by atoms with E-state index >= 15 is 0 Å². The van der Waals surface area contributed by atoms with Crippen LogP contribution in [-0.4, -0.2) is 31.0 Å². The molecular formula is C11H14ClNO3S. The van der Waals surface area contributed by atoms with Crippen molar-refractivity contribution in [3.63, 3.8) is 0 Å². The minimum Gasteiger partial charge on any atom is -0.494 e. The molecule has 0 aliphatic carbocycles. The predicted molar refractivity (Wildman–Crippen MR) is 69.2 cm³/mol. The maximum absolute atomic E-state index is 11.0. The number of rotatable bonds is 5. The molecule has 0 saturated heterocycles. The third-order valence-electron chi connectivity index (χ3n) is 2.39. The Labute approximate surface area is 109 Å². The number of ether oxygens (including phenoxy) is 1. The van der Waals surface area contributed by atoms with Crippen molar-refractivity contribution in [2.45, 2.75) is 10.8 Å². The molecule has 1 unspecified atom stereocenters. The lowest BCUT2D eigenvalue weighted by Crippen LogP contribution is -2.21. The summed E-state index contributed by atoms with van der Waals surface area (Å²) >= 11 is 7.49. The topological polar surface area (TPSA) is 72.5 Å². The second-order valence-corrected chi connectivity index (χ2v) is 4.62. The summed E-state index contributed by atoms with van der Waals surface area (Å²) < 4.78 is 5.16. The van der Waals surface area contributed by atoms with Crippen LogP contribution in [0.15, 0.2) is 17.0 Å². The van der Waals surface area contributed by atoms with Crippen molar-refractivity contribution in [1.29, 1.82) is 0 Å². The van der Waals surface area contributed by atoms with Gasteiger partial charge in [0.25, 0.3) is 0 Å². The molecule has 94 valence electrons. The molecule has 0 bridgehead atoms. The maximum Gasteiger partial charge on any atom is 0.312 e. The van der Waals surface area contributed by atoms with Crippen LogP contribution < -0.4 is 10.5 Å². The van der Waals surface area contributed by atoms with E-state index in [0.29, 0.717) is 16.3 Å². The van der Waals surface area contributed by atoms with Crippen molar-refractivity contribution in [2.75, 3.05) is 19.9 Å². The molecule has 1 atom stereocenters. The summed E-state index contributed by atoms with van der Waals surface area (Å²) in [6.45, 7) is 0.0335. The molecular weight excluding hydrogens is 262 g/mol. The third kappa shape index (κ3) is 3.06. The van der Waals surface area contributed by atoms with E-state index in [1.54, 1.807) is 12.1 Å². The Hall–Kier alpha value is -0.910. The molecule has 4 nitrogen and oxygen atoms in total. The van der Waals surface area contributed by atoms with Gasteiger partial charge in [0.05, 0.1) is 22.9 Å². The van der Waals surface area contributed by atoms with Crippen molar-refractivity contribution >= 4 is 29.3 Å². The molecule has 0 fully saturated rings. The van der Waals surface area contributed by atoms with E-state index in [1.807, 2.05) is 6.26 Å². The smallest absolute Gasteiger partial charge is 0.312 e. The molecule has 0 saturated carbocycles. The summed E-state index contributed by atoms with van der Waals surface area (Å²) in [5.41, 5.74) is 6.05. The van der Waals surface area contributed by atoms with Gasteiger partial charge in [-0.15, -0.1) is 11.8 Å². The highest BCUT2D eigenvalue weighted by Crippen LogP contribution is 2.37. The zero-order chi connectivity index (χ0) is 13.0. The van der Waals surface area contributed by atoms with Crippen LogP contribution in [0.5, 0.6) is 5.75 Å². The molecule has 0 amide bonds. The first-order valence-corrected chi connectivity index (χ1v) is 6.49. The van der Waals surface area contributed by atoms with Crippen LogP contribution in [0.25, 0.3) is 0 Å². The summed E-state index contributed by atoms with van der Waals surface area (Å²) in [5.74, 6) is -1.14. The number of thioether (sulfide) groups is 1. The first-order valence-electron chi connectivity index (χ1n) is 4.89. The fourth-order valence-corrected chi connectivity index (χ4v) is 2.51. The van der Waals surface area contributed by atoms with Gasteiger partial charge in [-0.25, -0.2) is 0 Å². The number of nitrogens with two attached hydrogens (primary N) is 1. The maximum atomic E-state index is 11.0. The molecule has 0 spiro atoms. The molecule has 0 aliphatic heterocycles. The first-order chi connectivity index (χ1) is 8.04. The fourth-order valence-electron chi connectivity index (χ4n) is 1.52. The van der Waals surface area contributed by atoms with E-state index in [2.05, 4.69) is 0 Å². The Kier molecular flexibility index (Phi) is 5.11. The van der Waals surface area contributed by atoms with E-state index in [9.17, 15) is 4.79 Å². The second kappa shape index (κ2) is 6.14. The van der Waals surface area contributed by atoms with E-state index < -0.39 is 11.9 Å². The predicted octanol–water partition coefficient (Wildman–Crippen LogP) is 2.20. The molecule has 6 heteroatoms. The first kappa shape index (κ1) is 14.2. The van der Waals surface area contributed by atoms with Gasteiger partial charge < -0.3 is 15.6 Å². The van der Waals surface area contributed by atoms with Crippen LogP contribution in [0.4, 0.5) is 0 Å². The Morgan fingerprint density at radius 1 is 1.65 bits per heavy atom. The van der Waals surface area contributed by atoms with Crippen molar-refractivity contribution in [3.8, 4) is 5.75 Å². The van der Waals surface area contributed by atoms with Crippen molar-refractivity contribution in [3.05, 3.63) is 22.7 Å². The summed E-state index contributed by atoms with van der Waals surface area (Å²) in [4.78, 5) is 11.8. The number of aliphatic carboxylic acids is 1. The van der Waals surface area contributed by atoms with Crippen molar-refractivity contribution < 1.29 is 14.6 Å². The van der Waals surface area contributed by atoms with Gasteiger partial charge in [0.2, 0.25) is 0 Å². The Morgan fingerprint density at radius 3 is 2.71 bits per heavy atom. The minimum absolute atomic E-state index is 0.0335. The lowest BCUT2D eigenvalue weighted by Gasteiger charge is -2.15. The van der Waals surface area contributed by atoms with Gasteiger partial charge in [-0.3, -0.25) is 4.79 Å². The average Bonchev–Trinajstić information content (AvgIpc) is 2.28. The number of carboxylic acid groups (broad SMARTS) is 1. The van der Waals surface area contributed by atoms with Crippen LogP contribution >= 0.6 is 23.4 Å². The number of hydrogen-bond acceptors (Lipinski definition) is 4. The lowest BCUT2D eigenvalue weighted by atomic mass is 9.99. The number of carbonyl (C=O) groups is 1. The van der Waals surface area contributed by atoms with E-state index in [1.165, 1.54) is 18.9 Å². The summed E-state index contributed by atoms with van der Waals surface area (Å²) in [6, 6.07) is 3.34. The van der Waals surface area contributed by atoms with Crippen LogP contribution in [0.3, 0.4) is 0 Å². The highest BCUT2D eigenvalue weighted by molar-refractivity contribution is 7.98. The van der Waals surface area contributed by atoms with Gasteiger partial charge in [-0.2, -0.15) is 0 Å². The molecule has 0 aromatic heterocycles. The van der Waals surface area contributed by atoms with Crippen LogP contribution in [0, 0.1) is 0 Å². The van der Waals surface area contributed by atoms with Crippen LogP contribution in [0.1, 0.15) is 11.5 Å². The monoisotopic (exact) mass is 275 g/mol. The average molecular weight is 276 g/mol. The number of halogens is 1. The van der Waals surface area contributed by atoms with Crippen LogP contribution in [-0.2, 0) is 4.79 Å². The molecule has 0 heterocycles. The zero-order valence-corrected chi connectivity index (χ0v) is 11.1. The normalized spacial score (nSPS) is 12.2. The van der Waals surface area contributed by atoms with E-state index in [4.69, 9.17) is 27.2 Å². The molecule has 1 aromatic rings. The highest BCUT2D eigenvalue weighted by Gasteiger charge is 2.21. The van der Waals surface area contributed by atoms with Crippen molar-refractivity contribution in [1.82, 2.24) is 0 Å². The quantitative estimate of drug-likeness (QED) is 0.806. The lowest BCUT2D eigenvalue weighted by molar-refractivity contribution is -0.138. The van der Waals surface area contributed by atoms with E-state index in [0.717, 1.165) is 4.90 Å². The fraction of sp³-hybridized carbons (Fsp3) is 0.364. The number of hydrogen-bond donors (Lipinski definition) is 2. The molecule has 1 aromatic carbocycles. The molecule has 17 heavy (non-hydrogen) atoms. The Bertz CT molecular complexity index is 425. The summed E-state index contributed by atoms with van der Waals surface area (Å²) in [6.07, 6.45) is 1.87. The van der Waals surface area contributed by atoms with Gasteiger partial charge in [0.15, 0.2) is 5.75 Å². The Morgan fingerprint density at radius 2 is 2.29 bits per heavy atom. The van der Waals surface area contributed by atoms with Gasteiger partial charge >= 0.3 is 5.97 Å². The van der Waals surface area contributed by atoms with Gasteiger partial charge in [0, 0.05) is 6.54 Å². The number of methoxy groups -OCH3 is 1. The zero-order valence-electron chi connectivity index (χ0n) is 9.57. The summed E-state index contributed by atoms with van der Waals surface area (Å²) in [5, 5.41) is 9.44. The minimum atomic E-state index is -0.958. The number of benzene rings is 1. The van der Waals surface area contributed by atoms with Gasteiger partial charge in [0.1, 0.15) is 0 Å². The summed E-state index contributed by atoms with van der Waals surface area (Å²) in [7, 11) is 1.53. The Balaban J connectivity index is 3.27. The van der Waals surface area contributed by atoms with Gasteiger partial charge in [-0.1, -0.05) is 11.6 Å². The second-order valence-electron chi connectivity index (χ2n) is 3.36. The van der Waals surface area contributed by atoms with E-state index in [-0.39, 0.29) is 6.54 Å². The van der Waals surface area contributed by atoms with Crippen molar-refractivity contribution in [2.24, 2.45) is 5.73 Å². The third-order valence-corrected chi connectivity index (χ3v) is 3.42. The molecule has 3 N–H and O–H groups in total. The highest BCUT2D eigenvalue weighted by atomic mass is 35.5. The largest absolute Gasteiger partial charge is 0.494 e.